The second-order valence-corrected chi connectivity index (χ2v) is 11.9. The van der Waals surface area contributed by atoms with E-state index in [4.69, 9.17) is 4.74 Å². The maximum Gasteiger partial charge on any atom is 0.250 e. The number of methoxy groups -OCH3 is 1. The van der Waals surface area contributed by atoms with Crippen LogP contribution in [0.25, 0.3) is 10.9 Å². The molecule has 1 fully saturated rings. The van der Waals surface area contributed by atoms with Gasteiger partial charge in [-0.15, -0.1) is 0 Å². The molecule has 3 N–H and O–H groups in total. The van der Waals surface area contributed by atoms with Crippen LogP contribution in [0.4, 0.5) is 11.4 Å². The van der Waals surface area contributed by atoms with E-state index in [9.17, 15) is 14.4 Å². The Morgan fingerprint density at radius 1 is 1.10 bits per heavy atom. The number of nitrogens with one attached hydrogen (secondary N) is 3. The molecule has 0 saturated carbocycles. The first-order chi connectivity index (χ1) is 20.4. The Kier molecular flexibility index (Phi) is 6.52. The standard InChI is InChI=1S/C33H35N5O4/c1-19(39)36-23-6-9-29-22(13-23)14-27(32-26-12-20(18-38(29)32)17-37-30(26)4-3-5-31(37)40)33(41)34-11-10-21-16-35-28-8-7-24(42-2)15-25(21)28/h3-9,13,15-16,20,26-27,32,35H,10-12,14,17-18H2,1-2H3,(H,34,41)(H,36,39)/t20-,26+,27+,32+/m0/s1. The highest BCUT2D eigenvalue weighted by Crippen LogP contribution is 2.48. The number of ether oxygens (including phenoxy) is 1. The molecule has 0 spiro atoms. The van der Waals surface area contributed by atoms with Crippen molar-refractivity contribution in [3.63, 3.8) is 0 Å². The van der Waals surface area contributed by atoms with E-state index in [2.05, 4.69) is 32.7 Å². The fraction of sp³-hybridized carbons (Fsp3) is 0.364. The van der Waals surface area contributed by atoms with Crippen LogP contribution in [-0.4, -0.2) is 47.6 Å². The summed E-state index contributed by atoms with van der Waals surface area (Å²) in [5, 5.41) is 7.24. The molecule has 9 heteroatoms. The number of H-pyrrole nitrogens is 1. The van der Waals surface area contributed by atoms with E-state index in [1.807, 2.05) is 47.2 Å². The Morgan fingerprint density at radius 2 is 1.98 bits per heavy atom. The summed E-state index contributed by atoms with van der Waals surface area (Å²) in [6.45, 7) is 3.49. The van der Waals surface area contributed by atoms with Crippen molar-refractivity contribution in [3.8, 4) is 5.75 Å². The Balaban J connectivity index is 1.19. The molecule has 42 heavy (non-hydrogen) atoms. The van der Waals surface area contributed by atoms with Gasteiger partial charge in [-0.1, -0.05) is 6.07 Å². The van der Waals surface area contributed by atoms with Crippen LogP contribution in [0.5, 0.6) is 5.75 Å². The largest absolute Gasteiger partial charge is 0.497 e. The Morgan fingerprint density at radius 3 is 2.81 bits per heavy atom. The summed E-state index contributed by atoms with van der Waals surface area (Å²) >= 11 is 0. The van der Waals surface area contributed by atoms with Crippen LogP contribution in [0.2, 0.25) is 0 Å². The molecule has 2 aromatic carbocycles. The van der Waals surface area contributed by atoms with E-state index in [0.29, 0.717) is 31.8 Å². The number of amides is 2. The van der Waals surface area contributed by atoms with E-state index in [1.54, 1.807) is 13.2 Å². The summed E-state index contributed by atoms with van der Waals surface area (Å²) in [7, 11) is 1.66. The molecule has 0 radical (unpaired) electrons. The zero-order chi connectivity index (χ0) is 29.0. The summed E-state index contributed by atoms with van der Waals surface area (Å²) in [5.41, 5.74) is 6.14. The number of aromatic amines is 1. The zero-order valence-corrected chi connectivity index (χ0v) is 23.9. The summed E-state index contributed by atoms with van der Waals surface area (Å²) in [6, 6.07) is 17.4. The molecule has 0 aliphatic carbocycles. The van der Waals surface area contributed by atoms with Gasteiger partial charge in [0, 0.05) is 78.8 Å². The first-order valence-corrected chi connectivity index (χ1v) is 14.7. The van der Waals surface area contributed by atoms with E-state index in [1.165, 1.54) is 6.92 Å². The summed E-state index contributed by atoms with van der Waals surface area (Å²) < 4.78 is 7.33. The number of rotatable bonds is 6. The highest BCUT2D eigenvalue weighted by molar-refractivity contribution is 5.90. The first kappa shape index (κ1) is 26.4. The minimum atomic E-state index is -0.305. The lowest BCUT2D eigenvalue weighted by atomic mass is 9.69. The van der Waals surface area contributed by atoms with Gasteiger partial charge in [-0.2, -0.15) is 0 Å². The molecule has 2 aromatic heterocycles. The van der Waals surface area contributed by atoms with Crippen molar-refractivity contribution in [2.45, 2.75) is 44.7 Å². The number of fused-ring (bicyclic) bond motifs is 9. The second kappa shape index (κ2) is 10.4. The van der Waals surface area contributed by atoms with Crippen LogP contribution < -0.4 is 25.8 Å². The quantitative estimate of drug-likeness (QED) is 0.330. The van der Waals surface area contributed by atoms with Gasteiger partial charge in [0.2, 0.25) is 11.8 Å². The molecule has 2 amide bonds. The van der Waals surface area contributed by atoms with Crippen LogP contribution in [-0.2, 0) is 29.0 Å². The lowest BCUT2D eigenvalue weighted by Crippen LogP contribution is -2.60. The number of nitrogens with zero attached hydrogens (tertiary/aromatic N) is 2. The lowest BCUT2D eigenvalue weighted by Gasteiger charge is -2.54. The van der Waals surface area contributed by atoms with Gasteiger partial charge in [0.05, 0.1) is 13.0 Å². The molecule has 3 aliphatic rings. The highest BCUT2D eigenvalue weighted by atomic mass is 16.5. The molecular formula is C33H35N5O4. The van der Waals surface area contributed by atoms with Crippen molar-refractivity contribution >= 4 is 34.1 Å². The van der Waals surface area contributed by atoms with Crippen molar-refractivity contribution in [2.75, 3.05) is 30.4 Å². The van der Waals surface area contributed by atoms with Crippen molar-refractivity contribution in [3.05, 3.63) is 88.0 Å². The number of benzene rings is 2. The maximum atomic E-state index is 14.1. The van der Waals surface area contributed by atoms with Gasteiger partial charge in [0.1, 0.15) is 5.75 Å². The van der Waals surface area contributed by atoms with Gasteiger partial charge < -0.3 is 29.8 Å². The Bertz CT molecular complexity index is 1760. The third kappa shape index (κ3) is 4.53. The van der Waals surface area contributed by atoms with Gasteiger partial charge in [0.15, 0.2) is 0 Å². The fourth-order valence-electron chi connectivity index (χ4n) is 7.55. The monoisotopic (exact) mass is 565 g/mol. The van der Waals surface area contributed by atoms with Crippen LogP contribution in [0.3, 0.4) is 0 Å². The van der Waals surface area contributed by atoms with E-state index >= 15 is 0 Å². The predicted octanol–water partition coefficient (Wildman–Crippen LogP) is 3.82. The molecule has 4 aromatic rings. The van der Waals surface area contributed by atoms with Crippen molar-refractivity contribution in [1.29, 1.82) is 0 Å². The van der Waals surface area contributed by atoms with Crippen LogP contribution in [0.15, 0.2) is 65.6 Å². The number of aromatic nitrogens is 2. The lowest BCUT2D eigenvalue weighted by molar-refractivity contribution is -0.126. The smallest absolute Gasteiger partial charge is 0.250 e. The summed E-state index contributed by atoms with van der Waals surface area (Å²) in [5.74, 6) is 0.790. The average molecular weight is 566 g/mol. The van der Waals surface area contributed by atoms with Crippen LogP contribution in [0, 0.1) is 11.8 Å². The number of anilines is 2. The normalized spacial score (nSPS) is 22.1. The number of piperidine rings is 1. The molecule has 2 bridgehead atoms. The molecule has 4 atom stereocenters. The topological polar surface area (TPSA) is 108 Å². The zero-order valence-electron chi connectivity index (χ0n) is 23.9. The Hall–Kier alpha value is -4.53. The van der Waals surface area contributed by atoms with E-state index in [-0.39, 0.29) is 35.3 Å². The minimum Gasteiger partial charge on any atom is -0.497 e. The predicted molar refractivity (Wildman–Crippen MR) is 162 cm³/mol. The number of carbonyl (C=O) groups excluding carboxylic acids is 2. The highest BCUT2D eigenvalue weighted by Gasteiger charge is 2.49. The van der Waals surface area contributed by atoms with Gasteiger partial charge >= 0.3 is 0 Å². The van der Waals surface area contributed by atoms with E-state index < -0.39 is 0 Å². The minimum absolute atomic E-state index is 0.0202. The molecular weight excluding hydrogens is 530 g/mol. The maximum absolute atomic E-state index is 14.1. The van der Waals surface area contributed by atoms with Gasteiger partial charge in [-0.05, 0) is 78.8 Å². The van der Waals surface area contributed by atoms with Gasteiger partial charge in [-0.3, -0.25) is 14.4 Å². The second-order valence-electron chi connectivity index (χ2n) is 11.9. The average Bonchev–Trinajstić information content (AvgIpc) is 3.38. The molecule has 9 nitrogen and oxygen atoms in total. The van der Waals surface area contributed by atoms with Crippen LogP contribution in [0.1, 0.15) is 36.1 Å². The molecule has 0 unspecified atom stereocenters. The van der Waals surface area contributed by atoms with Crippen molar-refractivity contribution in [1.82, 2.24) is 14.9 Å². The fourth-order valence-corrected chi connectivity index (χ4v) is 7.55. The van der Waals surface area contributed by atoms with E-state index in [0.717, 1.165) is 57.8 Å². The van der Waals surface area contributed by atoms with Crippen LogP contribution >= 0.6 is 0 Å². The number of pyridine rings is 1. The first-order valence-electron chi connectivity index (χ1n) is 14.7. The number of carbonyl (C=O) groups is 2. The SMILES string of the molecule is COc1ccc2[nH]cc(CCNC(=O)[C@@H]3Cc4cc(NC(C)=O)ccc4N4C[C@H]5C[C@H](c6cccc(=O)n6C5)[C@H]34)c2c1. The summed E-state index contributed by atoms with van der Waals surface area (Å²) in [6.07, 6.45) is 4.21. The molecule has 5 heterocycles. The molecule has 3 aliphatic heterocycles. The Labute approximate surface area is 243 Å². The van der Waals surface area contributed by atoms with Gasteiger partial charge in [-0.25, -0.2) is 0 Å². The molecule has 7 rings (SSSR count). The molecule has 216 valence electrons. The van der Waals surface area contributed by atoms with Crippen molar-refractivity contribution < 1.29 is 14.3 Å². The molecule has 1 saturated heterocycles. The third-order valence-corrected chi connectivity index (χ3v) is 9.28. The number of hydrogen-bond donors (Lipinski definition) is 3. The van der Waals surface area contributed by atoms with Crippen molar-refractivity contribution in [2.24, 2.45) is 11.8 Å². The number of hydrogen-bond acceptors (Lipinski definition) is 5. The third-order valence-electron chi connectivity index (χ3n) is 9.28. The van der Waals surface area contributed by atoms with Gasteiger partial charge in [0.25, 0.3) is 5.56 Å². The summed E-state index contributed by atoms with van der Waals surface area (Å²) in [4.78, 5) is 44.4.